The van der Waals surface area contributed by atoms with Crippen molar-refractivity contribution < 1.29 is 19.1 Å². The number of rotatable bonds is 3. The number of amides is 2. The van der Waals surface area contributed by atoms with Gasteiger partial charge in [-0.05, 0) is 49.7 Å². The molecule has 5 heteroatoms. The van der Waals surface area contributed by atoms with Crippen molar-refractivity contribution in [2.75, 3.05) is 0 Å². The van der Waals surface area contributed by atoms with Crippen LogP contribution in [0.15, 0.2) is 24.3 Å². The molecule has 4 rings (SSSR count). The van der Waals surface area contributed by atoms with E-state index in [0.29, 0.717) is 17.0 Å². The van der Waals surface area contributed by atoms with Crippen LogP contribution in [0.4, 0.5) is 0 Å². The second kappa shape index (κ2) is 5.41. The number of hydrogen-bond acceptors (Lipinski definition) is 4. The first kappa shape index (κ1) is 17.3. The maximum absolute atomic E-state index is 12.8. The summed E-state index contributed by atoms with van der Waals surface area (Å²) in [6, 6.07) is 5.75. The third-order valence-electron chi connectivity index (χ3n) is 7.53. The van der Waals surface area contributed by atoms with E-state index in [4.69, 9.17) is 4.74 Å². The lowest BCUT2D eigenvalue weighted by Crippen LogP contribution is -2.46. The van der Waals surface area contributed by atoms with Crippen LogP contribution in [0.1, 0.15) is 67.7 Å². The number of carbonyl (C=O) groups excluding carboxylic acids is 3. The molecule has 1 aromatic rings. The van der Waals surface area contributed by atoms with Crippen LogP contribution >= 0.6 is 0 Å². The Labute approximate surface area is 153 Å². The molecule has 2 saturated carbocycles. The molecule has 138 valence electrons. The van der Waals surface area contributed by atoms with Gasteiger partial charge in [-0.1, -0.05) is 32.9 Å². The molecule has 2 fully saturated rings. The molecule has 5 nitrogen and oxygen atoms in total. The first-order chi connectivity index (χ1) is 12.2. The first-order valence-corrected chi connectivity index (χ1v) is 9.36. The molecule has 26 heavy (non-hydrogen) atoms. The summed E-state index contributed by atoms with van der Waals surface area (Å²) in [6.07, 6.45) is 2.93. The minimum Gasteiger partial charge on any atom is -0.460 e. The van der Waals surface area contributed by atoms with Gasteiger partial charge in [-0.3, -0.25) is 14.5 Å². The fourth-order valence-corrected chi connectivity index (χ4v) is 5.21. The highest BCUT2D eigenvalue weighted by molar-refractivity contribution is 6.22. The molecule has 2 aliphatic carbocycles. The standard InChI is InChI=1S/C21H25NO4/c1-12(22-17(23)14-7-5-6-8-15(14)18(22)24)19(25)26-16-11-13-9-10-21(16,4)20(13,2)3/h5-8,12-13,16H,9-11H2,1-4H3/t12-,13-,16-,21-/m1/s1. The number of fused-ring (bicyclic) bond motifs is 3. The number of nitrogens with zero attached hydrogens (tertiary/aromatic N) is 1. The molecule has 2 bridgehead atoms. The molecule has 0 unspecified atom stereocenters. The quantitative estimate of drug-likeness (QED) is 0.615. The van der Waals surface area contributed by atoms with Gasteiger partial charge in [0.15, 0.2) is 0 Å². The largest absolute Gasteiger partial charge is 0.460 e. The van der Waals surface area contributed by atoms with Gasteiger partial charge in [0, 0.05) is 5.41 Å². The van der Waals surface area contributed by atoms with Gasteiger partial charge < -0.3 is 4.74 Å². The molecule has 1 aromatic carbocycles. The molecular weight excluding hydrogens is 330 g/mol. The van der Waals surface area contributed by atoms with Crippen molar-refractivity contribution in [3.05, 3.63) is 35.4 Å². The van der Waals surface area contributed by atoms with Crippen molar-refractivity contribution in [3.63, 3.8) is 0 Å². The zero-order valence-corrected chi connectivity index (χ0v) is 15.7. The van der Waals surface area contributed by atoms with E-state index in [1.807, 2.05) is 0 Å². The van der Waals surface area contributed by atoms with Crippen LogP contribution < -0.4 is 0 Å². The van der Waals surface area contributed by atoms with Gasteiger partial charge in [0.25, 0.3) is 11.8 Å². The van der Waals surface area contributed by atoms with E-state index in [2.05, 4.69) is 20.8 Å². The molecule has 0 aromatic heterocycles. The summed E-state index contributed by atoms with van der Waals surface area (Å²) in [7, 11) is 0. The highest BCUT2D eigenvalue weighted by atomic mass is 16.5. The molecule has 4 atom stereocenters. The van der Waals surface area contributed by atoms with E-state index in [0.717, 1.165) is 17.7 Å². The van der Waals surface area contributed by atoms with Crippen LogP contribution in [0.3, 0.4) is 0 Å². The predicted octanol–water partition coefficient (Wildman–Crippen LogP) is 3.43. The molecule has 0 spiro atoms. The SMILES string of the molecule is C[C@H](C(=O)O[C@@H]1C[C@H]2CC[C@@]1(C)C2(C)C)N1C(=O)c2ccccc2C1=O. The van der Waals surface area contributed by atoms with Gasteiger partial charge in [0.2, 0.25) is 0 Å². The Morgan fingerprint density at radius 1 is 1.15 bits per heavy atom. The molecular formula is C21H25NO4. The van der Waals surface area contributed by atoms with Crippen molar-refractivity contribution in [2.24, 2.45) is 16.7 Å². The summed E-state index contributed by atoms with van der Waals surface area (Å²) in [5.74, 6) is -0.780. The van der Waals surface area contributed by atoms with Crippen molar-refractivity contribution in [1.82, 2.24) is 4.90 Å². The number of esters is 1. The van der Waals surface area contributed by atoms with Gasteiger partial charge in [-0.2, -0.15) is 0 Å². The second-order valence-electron chi connectivity index (χ2n) is 8.74. The minimum absolute atomic E-state index is 0.0466. The second-order valence-corrected chi connectivity index (χ2v) is 8.74. The van der Waals surface area contributed by atoms with Gasteiger partial charge in [0.1, 0.15) is 12.1 Å². The van der Waals surface area contributed by atoms with Crippen LogP contribution in [-0.2, 0) is 9.53 Å². The van der Waals surface area contributed by atoms with Crippen LogP contribution in [0, 0.1) is 16.7 Å². The van der Waals surface area contributed by atoms with Crippen LogP contribution in [0.25, 0.3) is 0 Å². The maximum Gasteiger partial charge on any atom is 0.329 e. The Bertz CT molecular complexity index is 779. The van der Waals surface area contributed by atoms with Crippen LogP contribution in [0.5, 0.6) is 0 Å². The van der Waals surface area contributed by atoms with Crippen molar-refractivity contribution >= 4 is 17.8 Å². The lowest BCUT2D eigenvalue weighted by Gasteiger charge is -2.39. The van der Waals surface area contributed by atoms with Crippen molar-refractivity contribution in [2.45, 2.75) is 59.1 Å². The third-order valence-corrected chi connectivity index (χ3v) is 7.53. The zero-order valence-electron chi connectivity index (χ0n) is 15.7. The average Bonchev–Trinajstić information content (AvgIpc) is 3.07. The number of ether oxygens (including phenoxy) is 1. The van der Waals surface area contributed by atoms with Gasteiger partial charge >= 0.3 is 5.97 Å². The predicted molar refractivity (Wildman–Crippen MR) is 95.5 cm³/mol. The van der Waals surface area contributed by atoms with Crippen molar-refractivity contribution in [1.29, 1.82) is 0 Å². The van der Waals surface area contributed by atoms with Crippen LogP contribution in [-0.4, -0.2) is 34.8 Å². The Morgan fingerprint density at radius 2 is 1.73 bits per heavy atom. The maximum atomic E-state index is 12.8. The van der Waals surface area contributed by atoms with Gasteiger partial charge in [-0.25, -0.2) is 4.79 Å². The third kappa shape index (κ3) is 2.06. The van der Waals surface area contributed by atoms with Crippen LogP contribution in [0.2, 0.25) is 0 Å². The Morgan fingerprint density at radius 3 is 2.19 bits per heavy atom. The monoisotopic (exact) mass is 355 g/mol. The zero-order chi connectivity index (χ0) is 18.9. The fraction of sp³-hybridized carbons (Fsp3) is 0.571. The molecule has 0 radical (unpaired) electrons. The normalized spacial score (nSPS) is 32.7. The van der Waals surface area contributed by atoms with E-state index in [1.54, 1.807) is 31.2 Å². The molecule has 0 saturated heterocycles. The summed E-state index contributed by atoms with van der Waals surface area (Å²) in [4.78, 5) is 39.0. The van der Waals surface area contributed by atoms with E-state index in [9.17, 15) is 14.4 Å². The summed E-state index contributed by atoms with van der Waals surface area (Å²) in [5, 5.41) is 0. The highest BCUT2D eigenvalue weighted by Crippen LogP contribution is 2.66. The number of carbonyl (C=O) groups is 3. The Hall–Kier alpha value is -2.17. The summed E-state index contributed by atoms with van der Waals surface area (Å²) < 4.78 is 5.87. The average molecular weight is 355 g/mol. The molecule has 3 aliphatic rings. The van der Waals surface area contributed by atoms with E-state index in [-0.39, 0.29) is 16.9 Å². The lowest BCUT2D eigenvalue weighted by atomic mass is 9.70. The Kier molecular flexibility index (Phi) is 3.59. The smallest absolute Gasteiger partial charge is 0.329 e. The molecule has 0 N–H and O–H groups in total. The molecule has 2 amide bonds. The Balaban J connectivity index is 1.52. The van der Waals surface area contributed by atoms with Gasteiger partial charge in [0.05, 0.1) is 11.1 Å². The summed E-state index contributed by atoms with van der Waals surface area (Å²) in [6.45, 7) is 8.29. The highest BCUT2D eigenvalue weighted by Gasteiger charge is 2.63. The fourth-order valence-electron chi connectivity index (χ4n) is 5.21. The van der Waals surface area contributed by atoms with E-state index < -0.39 is 23.8 Å². The van der Waals surface area contributed by atoms with E-state index in [1.165, 1.54) is 6.42 Å². The number of hydrogen-bond donors (Lipinski definition) is 0. The summed E-state index contributed by atoms with van der Waals surface area (Å²) >= 11 is 0. The summed E-state index contributed by atoms with van der Waals surface area (Å²) in [5.41, 5.74) is 0.793. The number of imide groups is 1. The number of benzene rings is 1. The minimum atomic E-state index is -0.923. The first-order valence-electron chi connectivity index (χ1n) is 9.36. The topological polar surface area (TPSA) is 63.7 Å². The van der Waals surface area contributed by atoms with Crippen molar-refractivity contribution in [3.8, 4) is 0 Å². The van der Waals surface area contributed by atoms with E-state index >= 15 is 0 Å². The molecule has 1 heterocycles. The van der Waals surface area contributed by atoms with Gasteiger partial charge in [-0.15, -0.1) is 0 Å². The molecule has 1 aliphatic heterocycles. The lowest BCUT2D eigenvalue weighted by molar-refractivity contribution is -0.161.